The van der Waals surface area contributed by atoms with Crippen molar-refractivity contribution in [2.24, 2.45) is 0 Å². The van der Waals surface area contributed by atoms with E-state index in [1.165, 1.54) is 4.90 Å². The van der Waals surface area contributed by atoms with Gasteiger partial charge >= 0.3 is 12.1 Å². The van der Waals surface area contributed by atoms with Crippen LogP contribution in [0.2, 0.25) is 0 Å². The number of carbonyl (C=O) groups is 3. The molecule has 138 valence electrons. The largest absolute Gasteiger partial charge is 0.480 e. The maximum Gasteiger partial charge on any atom is 0.407 e. The maximum absolute atomic E-state index is 11.7. The van der Waals surface area contributed by atoms with Gasteiger partial charge in [0.05, 0.1) is 0 Å². The summed E-state index contributed by atoms with van der Waals surface area (Å²) in [6.45, 7) is 7.39. The predicted molar refractivity (Wildman–Crippen MR) is 89.6 cm³/mol. The first-order valence-electron chi connectivity index (χ1n) is 8.59. The van der Waals surface area contributed by atoms with Crippen molar-refractivity contribution in [2.45, 2.75) is 89.9 Å². The number of nitrogens with zero attached hydrogens (tertiary/aromatic N) is 1. The van der Waals surface area contributed by atoms with Crippen LogP contribution in [-0.4, -0.2) is 52.2 Å². The maximum atomic E-state index is 11.7. The van der Waals surface area contributed by atoms with Gasteiger partial charge in [-0.15, -0.1) is 0 Å². The fourth-order valence-corrected chi connectivity index (χ4v) is 3.02. The monoisotopic (exact) mass is 342 g/mol. The Hall–Kier alpha value is -1.79. The van der Waals surface area contributed by atoms with Crippen LogP contribution in [0.1, 0.15) is 66.2 Å². The number of alkyl carbamates (subject to hydrolysis) is 1. The smallest absolute Gasteiger partial charge is 0.407 e. The van der Waals surface area contributed by atoms with Gasteiger partial charge in [0.1, 0.15) is 11.6 Å². The zero-order chi connectivity index (χ0) is 18.3. The van der Waals surface area contributed by atoms with E-state index in [0.717, 1.165) is 32.1 Å². The molecule has 7 nitrogen and oxygen atoms in total. The molecule has 24 heavy (non-hydrogen) atoms. The average molecular weight is 342 g/mol. The predicted octanol–water partition coefficient (Wildman–Crippen LogP) is 2.53. The van der Waals surface area contributed by atoms with E-state index in [1.807, 2.05) is 27.7 Å². The first-order chi connectivity index (χ1) is 11.1. The molecule has 1 aliphatic heterocycles. The molecular formula is C17H30N2O5. The van der Waals surface area contributed by atoms with Gasteiger partial charge in [0.25, 0.3) is 0 Å². The lowest BCUT2D eigenvalue weighted by Crippen LogP contribution is -2.39. The van der Waals surface area contributed by atoms with Crippen LogP contribution < -0.4 is 5.32 Å². The van der Waals surface area contributed by atoms with Crippen molar-refractivity contribution >= 4 is 18.5 Å². The van der Waals surface area contributed by atoms with E-state index in [2.05, 4.69) is 5.32 Å². The minimum atomic E-state index is -0.931. The van der Waals surface area contributed by atoms with Gasteiger partial charge in [-0.1, -0.05) is 12.8 Å². The van der Waals surface area contributed by atoms with Gasteiger partial charge in [-0.3, -0.25) is 4.79 Å². The molecule has 1 saturated heterocycles. The molecule has 2 N–H and O–H groups in total. The minimum Gasteiger partial charge on any atom is -0.480 e. The number of carboxylic acids is 1. The van der Waals surface area contributed by atoms with Gasteiger partial charge in [0.2, 0.25) is 6.41 Å². The molecule has 1 rings (SSSR count). The lowest BCUT2D eigenvalue weighted by atomic mass is 10.0. The Bertz CT molecular complexity index is 447. The Balaban J connectivity index is 2.25. The molecular weight excluding hydrogens is 312 g/mol. The normalized spacial score (nSPS) is 22.1. The summed E-state index contributed by atoms with van der Waals surface area (Å²) in [6.07, 6.45) is 4.90. The summed E-state index contributed by atoms with van der Waals surface area (Å²) in [7, 11) is 0. The second-order valence-electron chi connectivity index (χ2n) is 7.47. The van der Waals surface area contributed by atoms with E-state index in [4.69, 9.17) is 9.84 Å². The molecule has 3 unspecified atom stereocenters. The van der Waals surface area contributed by atoms with Gasteiger partial charge < -0.3 is 20.1 Å². The molecule has 0 aromatic rings. The van der Waals surface area contributed by atoms with Crippen LogP contribution in [0.5, 0.6) is 0 Å². The summed E-state index contributed by atoms with van der Waals surface area (Å²) in [5.41, 5.74) is -0.509. The molecule has 0 bridgehead atoms. The van der Waals surface area contributed by atoms with E-state index in [9.17, 15) is 14.4 Å². The number of likely N-dealkylation sites (tertiary alicyclic amines) is 1. The number of hydrogen-bond donors (Lipinski definition) is 2. The molecule has 1 heterocycles. The summed E-state index contributed by atoms with van der Waals surface area (Å²) in [5.74, 6) is -0.931. The van der Waals surface area contributed by atoms with Crippen molar-refractivity contribution in [3.63, 3.8) is 0 Å². The molecule has 0 radical (unpaired) electrons. The first-order valence-corrected chi connectivity index (χ1v) is 8.59. The molecule has 0 aliphatic carbocycles. The van der Waals surface area contributed by atoms with Gasteiger partial charge in [-0.2, -0.15) is 0 Å². The number of unbranched alkanes of at least 4 members (excludes halogenated alkanes) is 1. The summed E-state index contributed by atoms with van der Waals surface area (Å²) in [5, 5.41) is 11.9. The zero-order valence-corrected chi connectivity index (χ0v) is 15.1. The van der Waals surface area contributed by atoms with Crippen LogP contribution in [-0.2, 0) is 14.3 Å². The molecule has 1 fully saturated rings. The van der Waals surface area contributed by atoms with E-state index >= 15 is 0 Å². The molecule has 0 aromatic carbocycles. The molecule has 0 aromatic heterocycles. The van der Waals surface area contributed by atoms with Crippen molar-refractivity contribution < 1.29 is 24.2 Å². The summed E-state index contributed by atoms with van der Waals surface area (Å²) in [6, 6.07) is -0.657. The van der Waals surface area contributed by atoms with Crippen LogP contribution in [0, 0.1) is 0 Å². The Labute approximate surface area is 143 Å². The summed E-state index contributed by atoms with van der Waals surface area (Å²) in [4.78, 5) is 35.3. The summed E-state index contributed by atoms with van der Waals surface area (Å²) < 4.78 is 5.21. The number of aliphatic carboxylic acids is 1. The van der Waals surface area contributed by atoms with Crippen molar-refractivity contribution in [1.82, 2.24) is 10.2 Å². The average Bonchev–Trinajstić information content (AvgIpc) is 2.84. The fraction of sp³-hybridized carbons (Fsp3) is 0.824. The van der Waals surface area contributed by atoms with Crippen LogP contribution >= 0.6 is 0 Å². The number of amides is 2. The highest BCUT2D eigenvalue weighted by Gasteiger charge is 2.36. The zero-order valence-electron chi connectivity index (χ0n) is 15.1. The minimum absolute atomic E-state index is 0.0115. The third kappa shape index (κ3) is 6.76. The first kappa shape index (κ1) is 20.3. The molecule has 0 spiro atoms. The second kappa shape index (κ2) is 8.89. The van der Waals surface area contributed by atoms with Crippen LogP contribution in [0.4, 0.5) is 4.79 Å². The Morgan fingerprint density at radius 1 is 1.33 bits per heavy atom. The fourth-order valence-electron chi connectivity index (χ4n) is 3.02. The highest BCUT2D eigenvalue weighted by Crippen LogP contribution is 2.26. The summed E-state index contributed by atoms with van der Waals surface area (Å²) >= 11 is 0. The molecule has 2 amide bonds. The van der Waals surface area contributed by atoms with Crippen LogP contribution in [0.3, 0.4) is 0 Å². The van der Waals surface area contributed by atoms with Gasteiger partial charge in [-0.25, -0.2) is 9.59 Å². The third-order valence-electron chi connectivity index (χ3n) is 4.15. The lowest BCUT2D eigenvalue weighted by molar-refractivity contribution is -0.145. The van der Waals surface area contributed by atoms with Crippen molar-refractivity contribution in [1.29, 1.82) is 0 Å². The molecule has 0 saturated carbocycles. The number of rotatable bonds is 8. The van der Waals surface area contributed by atoms with Crippen LogP contribution in [0.15, 0.2) is 0 Å². The number of nitrogens with one attached hydrogen (secondary N) is 1. The van der Waals surface area contributed by atoms with E-state index < -0.39 is 23.7 Å². The topological polar surface area (TPSA) is 95.9 Å². The van der Waals surface area contributed by atoms with Crippen molar-refractivity contribution in [2.75, 3.05) is 0 Å². The Morgan fingerprint density at radius 2 is 2.00 bits per heavy atom. The van der Waals surface area contributed by atoms with Crippen molar-refractivity contribution in [3.8, 4) is 0 Å². The quantitative estimate of drug-likeness (QED) is 0.522. The second-order valence-corrected chi connectivity index (χ2v) is 7.47. The highest BCUT2D eigenvalue weighted by atomic mass is 16.6. The van der Waals surface area contributed by atoms with Crippen molar-refractivity contribution in [3.05, 3.63) is 0 Å². The molecule has 1 aliphatic rings. The molecule has 3 atom stereocenters. The number of carboxylic acid groups (broad SMARTS) is 1. The third-order valence-corrected chi connectivity index (χ3v) is 4.15. The standard InChI is InChI=1S/C17H30N2O5/c1-12(18-16(23)24-17(2,3)4)7-5-6-8-13-9-10-14(15(21)22)19(13)11-20/h11-14H,5-10H2,1-4H3,(H,18,23)(H,21,22). The van der Waals surface area contributed by atoms with Gasteiger partial charge in [-0.05, 0) is 53.4 Å². The molecule has 7 heteroatoms. The lowest BCUT2D eigenvalue weighted by Gasteiger charge is -2.24. The van der Waals surface area contributed by atoms with E-state index in [-0.39, 0.29) is 12.1 Å². The van der Waals surface area contributed by atoms with Gasteiger partial charge in [0, 0.05) is 12.1 Å². The van der Waals surface area contributed by atoms with E-state index in [0.29, 0.717) is 12.8 Å². The number of carbonyl (C=O) groups excluding carboxylic acids is 2. The van der Waals surface area contributed by atoms with Crippen LogP contribution in [0.25, 0.3) is 0 Å². The SMILES string of the molecule is CC(CCCCC1CCC(C(=O)O)N1C=O)NC(=O)OC(C)(C)C. The number of hydrogen-bond acceptors (Lipinski definition) is 4. The van der Waals surface area contributed by atoms with E-state index in [1.54, 1.807) is 0 Å². The Morgan fingerprint density at radius 3 is 2.54 bits per heavy atom. The highest BCUT2D eigenvalue weighted by molar-refractivity contribution is 5.77. The Kier molecular flexibility index (Phi) is 7.51. The number of ether oxygens (including phenoxy) is 1. The van der Waals surface area contributed by atoms with Gasteiger partial charge in [0.15, 0.2) is 0 Å².